The number of benzene rings is 4. The van der Waals surface area contributed by atoms with Crippen LogP contribution in [0, 0.1) is 0 Å². The third kappa shape index (κ3) is 13.7. The molecule has 0 aromatic heterocycles. The number of nitrogens with one attached hydrogen (secondary N) is 1. The number of hydrogen-bond acceptors (Lipinski definition) is 23. The number of azo groups is 2. The van der Waals surface area contributed by atoms with Crippen molar-refractivity contribution in [2.75, 3.05) is 41.5 Å². The van der Waals surface area contributed by atoms with Crippen molar-refractivity contribution in [3.8, 4) is 0 Å². The van der Waals surface area contributed by atoms with Crippen LogP contribution in [0.15, 0.2) is 113 Å². The normalized spacial score (nSPS) is 12.9. The lowest BCUT2D eigenvalue weighted by atomic mass is 10.2. The second-order valence-corrected chi connectivity index (χ2v) is 20.1. The standard InChI is InChI=1S/C29H29N7O19S6/c30-26-23(35-34-22-9-8-21(15-24(22)59(43,44)45)58(41,42)12-10-52-56-55-54-38)16-25(60(46,47)48)27(31)28(26)36-33-19-3-1-2-17(14-19)29(37)32-18-4-6-20(7-5-18)57(39,40)13-11-53-61(49,50)51/h1-9,14-16,38H,10-13,30-31H2,(H,32,37)(H,43,44,45)(H,46,47,48)(H,49,50,51). The molecule has 330 valence electrons. The molecule has 0 spiro atoms. The van der Waals surface area contributed by atoms with Gasteiger partial charge in [-0.1, -0.05) is 11.1 Å². The fourth-order valence-electron chi connectivity index (χ4n) is 4.61. The van der Waals surface area contributed by atoms with Gasteiger partial charge in [0.2, 0.25) is 0 Å². The zero-order valence-corrected chi connectivity index (χ0v) is 35.0. The van der Waals surface area contributed by atoms with E-state index in [0.29, 0.717) is 12.1 Å². The molecule has 32 heteroatoms. The Morgan fingerprint density at radius 3 is 1.90 bits per heavy atom. The van der Waals surface area contributed by atoms with Crippen LogP contribution in [0.4, 0.5) is 39.8 Å². The molecule has 0 atom stereocenters. The van der Waals surface area contributed by atoms with Crippen LogP contribution >= 0.6 is 12.3 Å². The molecule has 9 N–H and O–H groups in total. The van der Waals surface area contributed by atoms with E-state index in [2.05, 4.69) is 43.5 Å². The van der Waals surface area contributed by atoms with Crippen molar-refractivity contribution in [3.05, 3.63) is 78.4 Å². The molecule has 0 aliphatic rings. The third-order valence-corrected chi connectivity index (χ3v) is 13.4. The summed E-state index contributed by atoms with van der Waals surface area (Å²) in [4.78, 5) is 10.1. The first-order valence-electron chi connectivity index (χ1n) is 15.8. The Bertz CT molecular complexity index is 2930. The lowest BCUT2D eigenvalue weighted by Crippen LogP contribution is -2.15. The first-order valence-corrected chi connectivity index (χ1v) is 24.0. The summed E-state index contributed by atoms with van der Waals surface area (Å²) in [5, 5.41) is 29.0. The van der Waals surface area contributed by atoms with Gasteiger partial charge in [-0.05, 0) is 66.7 Å². The summed E-state index contributed by atoms with van der Waals surface area (Å²) in [6.45, 7) is -1.38. The van der Waals surface area contributed by atoms with Crippen molar-refractivity contribution >= 4 is 108 Å². The van der Waals surface area contributed by atoms with Crippen LogP contribution in [0.3, 0.4) is 0 Å². The Morgan fingerprint density at radius 1 is 0.672 bits per heavy atom. The number of carbonyl (C=O) groups excluding carboxylic acids is 1. The van der Waals surface area contributed by atoms with Gasteiger partial charge in [-0.2, -0.15) is 30.4 Å². The van der Waals surface area contributed by atoms with Crippen molar-refractivity contribution in [1.29, 1.82) is 0 Å². The SMILES string of the molecule is Nc1c(N=Nc2ccc(S(=O)(=O)CCOSOOO)cc2S(=O)(=O)O)cc(S(=O)(=O)O)c(N)c1N=Nc1cccc(C(=O)Nc2ccc(S(=O)(=O)CCOS(=O)(=O)O)cc2)c1. The van der Waals surface area contributed by atoms with Gasteiger partial charge in [0, 0.05) is 11.3 Å². The van der Waals surface area contributed by atoms with Crippen LogP contribution < -0.4 is 16.8 Å². The van der Waals surface area contributed by atoms with Gasteiger partial charge in [0.15, 0.2) is 32.0 Å². The highest BCUT2D eigenvalue weighted by molar-refractivity contribution is 7.92. The molecule has 0 saturated heterocycles. The van der Waals surface area contributed by atoms with Gasteiger partial charge < -0.3 is 16.8 Å². The number of sulfone groups is 2. The third-order valence-electron chi connectivity index (χ3n) is 7.40. The first kappa shape index (κ1) is 48.6. The summed E-state index contributed by atoms with van der Waals surface area (Å²) >= 11 is 0.0863. The average Bonchev–Trinajstić information content (AvgIpc) is 3.16. The highest BCUT2D eigenvalue weighted by Gasteiger charge is 2.25. The molecule has 4 aromatic rings. The summed E-state index contributed by atoms with van der Waals surface area (Å²) in [5.41, 5.74) is 9.01. The van der Waals surface area contributed by atoms with Crippen molar-refractivity contribution in [3.63, 3.8) is 0 Å². The minimum absolute atomic E-state index is 0.0267. The van der Waals surface area contributed by atoms with E-state index in [1.54, 1.807) is 0 Å². The number of carbonyl (C=O) groups is 1. The fraction of sp³-hybridized carbons (Fsp3) is 0.138. The molecular weight excluding hydrogens is 943 g/mol. The zero-order chi connectivity index (χ0) is 45.4. The Balaban J connectivity index is 1.61. The van der Waals surface area contributed by atoms with Crippen LogP contribution in [0.2, 0.25) is 0 Å². The first-order chi connectivity index (χ1) is 28.3. The number of amides is 1. The number of anilines is 3. The predicted molar refractivity (Wildman–Crippen MR) is 210 cm³/mol. The molecule has 0 bridgehead atoms. The molecule has 0 fully saturated rings. The van der Waals surface area contributed by atoms with E-state index < -0.39 is 124 Å². The maximum absolute atomic E-state index is 13.0. The van der Waals surface area contributed by atoms with E-state index >= 15 is 0 Å². The molecule has 26 nitrogen and oxygen atoms in total. The van der Waals surface area contributed by atoms with E-state index in [4.69, 9.17) is 21.3 Å². The number of nitrogens with zero attached hydrogens (tertiary/aromatic N) is 4. The van der Waals surface area contributed by atoms with Gasteiger partial charge in [-0.15, -0.1) is 19.7 Å². The van der Waals surface area contributed by atoms with E-state index in [0.717, 1.165) is 24.3 Å². The monoisotopic (exact) mass is 971 g/mol. The number of hydrogen-bond donors (Lipinski definition) is 7. The van der Waals surface area contributed by atoms with Gasteiger partial charge in [0.25, 0.3) is 26.1 Å². The number of nitrogens with two attached hydrogens (primary N) is 2. The molecule has 4 aromatic carbocycles. The van der Waals surface area contributed by atoms with Crippen molar-refractivity contribution in [2.24, 2.45) is 20.5 Å². The lowest BCUT2D eigenvalue weighted by Gasteiger charge is -2.11. The molecule has 0 unspecified atom stereocenters. The Kier molecular flexibility index (Phi) is 15.7. The second-order valence-electron chi connectivity index (χ2n) is 11.5. The fourth-order valence-corrected chi connectivity index (χ4v) is 8.89. The molecule has 0 heterocycles. The minimum Gasteiger partial charge on any atom is -0.396 e. The van der Waals surface area contributed by atoms with Crippen LogP contribution in [0.5, 0.6) is 0 Å². The predicted octanol–water partition coefficient (Wildman–Crippen LogP) is 3.80. The van der Waals surface area contributed by atoms with Crippen LogP contribution in [-0.2, 0) is 68.0 Å². The number of nitrogen functional groups attached to an aromatic ring is 2. The van der Waals surface area contributed by atoms with E-state index in [1.807, 2.05) is 0 Å². The maximum Gasteiger partial charge on any atom is 0.397 e. The summed E-state index contributed by atoms with van der Waals surface area (Å²) in [6, 6.07) is 12.9. The van der Waals surface area contributed by atoms with Crippen LogP contribution in [0.25, 0.3) is 0 Å². The summed E-state index contributed by atoms with van der Waals surface area (Å²) in [6.07, 6.45) is 0. The van der Waals surface area contributed by atoms with E-state index in [1.165, 1.54) is 36.4 Å². The van der Waals surface area contributed by atoms with E-state index in [-0.39, 0.29) is 34.2 Å². The van der Waals surface area contributed by atoms with Crippen molar-refractivity contribution in [2.45, 2.75) is 19.6 Å². The molecule has 0 radical (unpaired) electrons. The highest BCUT2D eigenvalue weighted by atomic mass is 32.3. The van der Waals surface area contributed by atoms with Crippen molar-refractivity contribution < 1.29 is 83.5 Å². The van der Waals surface area contributed by atoms with Crippen molar-refractivity contribution in [1.82, 2.24) is 0 Å². The van der Waals surface area contributed by atoms with Gasteiger partial charge >= 0.3 is 10.4 Å². The second kappa shape index (κ2) is 19.8. The van der Waals surface area contributed by atoms with E-state index in [9.17, 15) is 56.0 Å². The molecule has 0 aliphatic carbocycles. The molecular formula is C29H29N7O19S6. The summed E-state index contributed by atoms with van der Waals surface area (Å²) < 4.78 is 162. The molecule has 61 heavy (non-hydrogen) atoms. The average molecular weight is 972 g/mol. The van der Waals surface area contributed by atoms with Gasteiger partial charge in [0.1, 0.15) is 26.9 Å². The van der Waals surface area contributed by atoms with Crippen LogP contribution in [0.1, 0.15) is 10.4 Å². The zero-order valence-electron chi connectivity index (χ0n) is 30.1. The quantitative estimate of drug-likeness (QED) is 0.0126. The number of rotatable bonds is 20. The minimum atomic E-state index is -5.21. The lowest BCUT2D eigenvalue weighted by molar-refractivity contribution is -0.434. The highest BCUT2D eigenvalue weighted by Crippen LogP contribution is 2.43. The summed E-state index contributed by atoms with van der Waals surface area (Å²) in [5.74, 6) is -2.26. The maximum atomic E-state index is 13.0. The smallest absolute Gasteiger partial charge is 0.396 e. The summed E-state index contributed by atoms with van der Waals surface area (Å²) in [7, 11) is -23.5. The Labute approximate surface area is 350 Å². The molecule has 4 rings (SSSR count). The van der Waals surface area contributed by atoms with Gasteiger partial charge in [0.05, 0.1) is 51.6 Å². The molecule has 1 amide bonds. The molecule has 0 saturated carbocycles. The van der Waals surface area contributed by atoms with Gasteiger partial charge in [-0.25, -0.2) is 26.3 Å². The Morgan fingerprint density at radius 2 is 1.28 bits per heavy atom. The van der Waals surface area contributed by atoms with Crippen LogP contribution in [-0.4, -0.2) is 91.6 Å². The largest absolute Gasteiger partial charge is 0.397 e. The van der Waals surface area contributed by atoms with Gasteiger partial charge in [-0.3, -0.25) is 22.6 Å². The topological polar surface area (TPSA) is 419 Å². The Hall–Kier alpha value is -5.07. The molecule has 0 aliphatic heterocycles.